The fourth-order valence-corrected chi connectivity index (χ4v) is 2.34. The summed E-state index contributed by atoms with van der Waals surface area (Å²) in [5, 5.41) is 11.0. The van der Waals surface area contributed by atoms with Crippen LogP contribution in [0, 0.1) is 0 Å². The lowest BCUT2D eigenvalue weighted by molar-refractivity contribution is -0.113. The highest BCUT2D eigenvalue weighted by Crippen LogP contribution is 2.23. The number of hydrogen-bond donors (Lipinski definition) is 1. The maximum absolute atomic E-state index is 11.8. The minimum atomic E-state index is -0.119. The van der Waals surface area contributed by atoms with Gasteiger partial charge in [-0.2, -0.15) is 0 Å². The standard InChI is InChI=1S/C13H14BrN3O2S/c1-8(2)12-16-17-13(19-12)20-7-11(18)15-10-6-4-3-5-9(10)14/h3-6,8H,7H2,1-2H3,(H,15,18). The molecule has 5 nitrogen and oxygen atoms in total. The number of carbonyl (C=O) groups excluding carboxylic acids is 1. The normalized spacial score (nSPS) is 10.8. The Labute approximate surface area is 129 Å². The number of hydrogen-bond acceptors (Lipinski definition) is 5. The lowest BCUT2D eigenvalue weighted by atomic mass is 10.2. The first-order valence-electron chi connectivity index (χ1n) is 6.07. The Bertz CT molecular complexity index is 601. The third-order valence-electron chi connectivity index (χ3n) is 2.39. The third-order valence-corrected chi connectivity index (χ3v) is 3.90. The van der Waals surface area contributed by atoms with E-state index in [-0.39, 0.29) is 17.6 Å². The van der Waals surface area contributed by atoms with Crippen LogP contribution in [-0.2, 0) is 4.79 Å². The molecule has 20 heavy (non-hydrogen) atoms. The van der Waals surface area contributed by atoms with E-state index in [9.17, 15) is 4.79 Å². The number of nitrogens with zero attached hydrogens (tertiary/aromatic N) is 2. The minimum Gasteiger partial charge on any atom is -0.416 e. The largest absolute Gasteiger partial charge is 0.416 e. The highest BCUT2D eigenvalue weighted by molar-refractivity contribution is 9.10. The number of nitrogens with one attached hydrogen (secondary N) is 1. The van der Waals surface area contributed by atoms with Crippen LogP contribution in [0.1, 0.15) is 25.7 Å². The molecular weight excluding hydrogens is 342 g/mol. The number of benzene rings is 1. The molecule has 1 amide bonds. The number of para-hydroxylation sites is 1. The van der Waals surface area contributed by atoms with Crippen LogP contribution in [0.4, 0.5) is 5.69 Å². The Hall–Kier alpha value is -1.34. The number of anilines is 1. The van der Waals surface area contributed by atoms with Crippen molar-refractivity contribution in [2.75, 3.05) is 11.1 Å². The zero-order valence-electron chi connectivity index (χ0n) is 11.1. The second-order valence-electron chi connectivity index (χ2n) is 4.38. The van der Waals surface area contributed by atoms with Crippen molar-refractivity contribution in [1.82, 2.24) is 10.2 Å². The fourth-order valence-electron chi connectivity index (χ4n) is 1.39. The van der Waals surface area contributed by atoms with E-state index in [0.29, 0.717) is 11.1 Å². The molecule has 0 bridgehead atoms. The van der Waals surface area contributed by atoms with Crippen LogP contribution in [0.2, 0.25) is 0 Å². The van der Waals surface area contributed by atoms with Crippen LogP contribution in [0.25, 0.3) is 0 Å². The van der Waals surface area contributed by atoms with Crippen molar-refractivity contribution in [3.63, 3.8) is 0 Å². The van der Waals surface area contributed by atoms with Crippen LogP contribution in [-0.4, -0.2) is 21.9 Å². The molecule has 1 heterocycles. The summed E-state index contributed by atoms with van der Waals surface area (Å²) >= 11 is 4.60. The summed E-state index contributed by atoms with van der Waals surface area (Å²) in [5.74, 6) is 0.872. The molecule has 0 spiro atoms. The summed E-state index contributed by atoms with van der Waals surface area (Å²) < 4.78 is 6.27. The molecule has 1 N–H and O–H groups in total. The maximum atomic E-state index is 11.8. The van der Waals surface area contributed by atoms with Crippen molar-refractivity contribution in [3.05, 3.63) is 34.6 Å². The zero-order chi connectivity index (χ0) is 14.5. The molecule has 0 aliphatic rings. The summed E-state index contributed by atoms with van der Waals surface area (Å²) in [5.41, 5.74) is 0.742. The molecule has 0 radical (unpaired) electrons. The predicted molar refractivity (Wildman–Crippen MR) is 81.9 cm³/mol. The lowest BCUT2D eigenvalue weighted by Gasteiger charge is -2.05. The Balaban J connectivity index is 1.87. The molecule has 2 rings (SSSR count). The summed E-state index contributed by atoms with van der Waals surface area (Å²) in [4.78, 5) is 11.8. The maximum Gasteiger partial charge on any atom is 0.277 e. The summed E-state index contributed by atoms with van der Waals surface area (Å²) in [7, 11) is 0. The van der Waals surface area contributed by atoms with Crippen LogP contribution in [0.5, 0.6) is 0 Å². The van der Waals surface area contributed by atoms with E-state index in [4.69, 9.17) is 4.42 Å². The van der Waals surface area contributed by atoms with Gasteiger partial charge in [0.25, 0.3) is 5.22 Å². The van der Waals surface area contributed by atoms with Crippen molar-refractivity contribution in [1.29, 1.82) is 0 Å². The SMILES string of the molecule is CC(C)c1nnc(SCC(=O)Nc2ccccc2Br)o1. The van der Waals surface area contributed by atoms with E-state index in [0.717, 1.165) is 10.2 Å². The van der Waals surface area contributed by atoms with Crippen LogP contribution in [0.15, 0.2) is 38.4 Å². The van der Waals surface area contributed by atoms with Gasteiger partial charge in [-0.15, -0.1) is 10.2 Å². The molecule has 1 aromatic carbocycles. The van der Waals surface area contributed by atoms with Crippen molar-refractivity contribution in [2.45, 2.75) is 25.0 Å². The fraction of sp³-hybridized carbons (Fsp3) is 0.308. The van der Waals surface area contributed by atoms with Gasteiger partial charge in [0, 0.05) is 10.4 Å². The topological polar surface area (TPSA) is 68.0 Å². The highest BCUT2D eigenvalue weighted by Gasteiger charge is 2.12. The van der Waals surface area contributed by atoms with Crippen LogP contribution in [0.3, 0.4) is 0 Å². The first-order chi connectivity index (χ1) is 9.56. The number of thioether (sulfide) groups is 1. The first-order valence-corrected chi connectivity index (χ1v) is 7.84. The Morgan fingerprint density at radius 3 is 2.80 bits per heavy atom. The monoisotopic (exact) mass is 355 g/mol. The van der Waals surface area contributed by atoms with Gasteiger partial charge >= 0.3 is 0 Å². The smallest absolute Gasteiger partial charge is 0.277 e. The van der Waals surface area contributed by atoms with Gasteiger partial charge in [-0.05, 0) is 28.1 Å². The third kappa shape index (κ3) is 4.08. The summed E-state index contributed by atoms with van der Waals surface area (Å²) in [6.45, 7) is 3.95. The zero-order valence-corrected chi connectivity index (χ0v) is 13.5. The second-order valence-corrected chi connectivity index (χ2v) is 6.16. The van der Waals surface area contributed by atoms with Crippen molar-refractivity contribution >= 4 is 39.3 Å². The van der Waals surface area contributed by atoms with Gasteiger partial charge in [-0.3, -0.25) is 4.79 Å². The molecule has 7 heteroatoms. The molecule has 2 aromatic rings. The Morgan fingerprint density at radius 2 is 2.15 bits per heavy atom. The van der Waals surface area contributed by atoms with E-state index < -0.39 is 0 Å². The molecule has 0 unspecified atom stereocenters. The number of aromatic nitrogens is 2. The molecule has 0 atom stereocenters. The lowest BCUT2D eigenvalue weighted by Crippen LogP contribution is -2.14. The molecular formula is C13H14BrN3O2S. The van der Waals surface area contributed by atoms with E-state index in [1.807, 2.05) is 38.1 Å². The highest BCUT2D eigenvalue weighted by atomic mass is 79.9. The predicted octanol–water partition coefficient (Wildman–Crippen LogP) is 3.69. The molecule has 1 aromatic heterocycles. The molecule has 0 aliphatic heterocycles. The van der Waals surface area contributed by atoms with Gasteiger partial charge in [-0.1, -0.05) is 37.7 Å². The van der Waals surface area contributed by atoms with E-state index in [1.54, 1.807) is 0 Å². The quantitative estimate of drug-likeness (QED) is 0.828. The average molecular weight is 356 g/mol. The van der Waals surface area contributed by atoms with E-state index >= 15 is 0 Å². The molecule has 106 valence electrons. The first kappa shape index (κ1) is 15.1. The van der Waals surface area contributed by atoms with Crippen molar-refractivity contribution < 1.29 is 9.21 Å². The van der Waals surface area contributed by atoms with Gasteiger partial charge in [0.1, 0.15) is 0 Å². The summed E-state index contributed by atoms with van der Waals surface area (Å²) in [6.07, 6.45) is 0. The average Bonchev–Trinajstić information content (AvgIpc) is 2.88. The summed E-state index contributed by atoms with van der Waals surface area (Å²) in [6, 6.07) is 7.45. The van der Waals surface area contributed by atoms with Gasteiger partial charge in [0.05, 0.1) is 11.4 Å². The van der Waals surface area contributed by atoms with Gasteiger partial charge < -0.3 is 9.73 Å². The molecule has 0 aliphatic carbocycles. The number of rotatable bonds is 5. The Morgan fingerprint density at radius 1 is 1.40 bits per heavy atom. The molecule has 0 saturated heterocycles. The van der Waals surface area contributed by atoms with Crippen molar-refractivity contribution in [3.8, 4) is 0 Å². The minimum absolute atomic E-state index is 0.119. The van der Waals surface area contributed by atoms with Gasteiger partial charge in [0.15, 0.2) is 0 Å². The second kappa shape index (κ2) is 6.90. The van der Waals surface area contributed by atoms with Crippen LogP contribution < -0.4 is 5.32 Å². The van der Waals surface area contributed by atoms with Gasteiger partial charge in [-0.25, -0.2) is 0 Å². The van der Waals surface area contributed by atoms with Crippen molar-refractivity contribution in [2.24, 2.45) is 0 Å². The molecule has 0 saturated carbocycles. The molecule has 0 fully saturated rings. The number of carbonyl (C=O) groups is 1. The number of amides is 1. The van der Waals surface area contributed by atoms with Crippen LogP contribution >= 0.6 is 27.7 Å². The Kier molecular flexibility index (Phi) is 5.19. The van der Waals surface area contributed by atoms with Gasteiger partial charge in [0.2, 0.25) is 11.8 Å². The van der Waals surface area contributed by atoms with E-state index in [1.165, 1.54) is 11.8 Å². The number of halogens is 1. The van der Waals surface area contributed by atoms with E-state index in [2.05, 4.69) is 31.4 Å².